The lowest BCUT2D eigenvalue weighted by molar-refractivity contribution is -0.141. The lowest BCUT2D eigenvalue weighted by atomic mass is 10.1. The number of alkyl halides is 3. The molecule has 3 rings (SSSR count). The third-order valence-corrected chi connectivity index (χ3v) is 4.37. The van der Waals surface area contributed by atoms with Crippen molar-refractivity contribution in [2.75, 3.05) is 0 Å². The first-order chi connectivity index (χ1) is 14.6. The van der Waals surface area contributed by atoms with Crippen molar-refractivity contribution in [1.82, 2.24) is 19.5 Å². The van der Waals surface area contributed by atoms with E-state index in [0.29, 0.717) is 29.2 Å². The number of nitrogens with zero attached hydrogens (tertiary/aromatic N) is 5. The predicted molar refractivity (Wildman–Crippen MR) is 109 cm³/mol. The van der Waals surface area contributed by atoms with E-state index in [-0.39, 0.29) is 5.52 Å². The van der Waals surface area contributed by atoms with Gasteiger partial charge in [-0.1, -0.05) is 13.3 Å². The number of halogens is 3. The van der Waals surface area contributed by atoms with Crippen LogP contribution in [-0.2, 0) is 32.2 Å². The number of pyridine rings is 2. The Morgan fingerprint density at radius 3 is 2.45 bits per heavy atom. The van der Waals surface area contributed by atoms with E-state index in [9.17, 15) is 13.2 Å². The van der Waals surface area contributed by atoms with Crippen LogP contribution in [0.2, 0.25) is 0 Å². The molecule has 3 aromatic heterocycles. The van der Waals surface area contributed by atoms with Gasteiger partial charge in [0.1, 0.15) is 23.2 Å². The zero-order chi connectivity index (χ0) is 23.4. The van der Waals surface area contributed by atoms with Gasteiger partial charge in [-0.05, 0) is 38.0 Å². The zero-order valence-electron chi connectivity index (χ0n) is 17.3. The average Bonchev–Trinajstić information content (AvgIpc) is 3.05. The van der Waals surface area contributed by atoms with Gasteiger partial charge in [-0.2, -0.15) is 22.6 Å². The van der Waals surface area contributed by atoms with E-state index in [1.54, 1.807) is 31.5 Å². The Morgan fingerprint density at radius 1 is 1.19 bits per heavy atom. The fourth-order valence-electron chi connectivity index (χ4n) is 2.98. The summed E-state index contributed by atoms with van der Waals surface area (Å²) in [4.78, 5) is 12.4. The van der Waals surface area contributed by atoms with Gasteiger partial charge in [0.25, 0.3) is 0 Å². The molecule has 0 N–H and O–H groups in total. The third kappa shape index (κ3) is 5.32. The summed E-state index contributed by atoms with van der Waals surface area (Å²) in [6, 6.07) is 4.80. The van der Waals surface area contributed by atoms with Gasteiger partial charge in [-0.15, -0.1) is 0 Å². The second-order valence-electron chi connectivity index (χ2n) is 7.20. The second kappa shape index (κ2) is 9.34. The van der Waals surface area contributed by atoms with Crippen molar-refractivity contribution in [2.45, 2.75) is 45.4 Å². The Labute approximate surface area is 182 Å². The summed E-state index contributed by atoms with van der Waals surface area (Å²) in [5, 5.41) is 9.16. The normalized spacial score (nSPS) is 11.5. The van der Waals surface area contributed by atoms with Crippen molar-refractivity contribution in [3.8, 4) is 23.3 Å². The van der Waals surface area contributed by atoms with Crippen molar-refractivity contribution < 1.29 is 22.1 Å². The molecule has 0 radical (unpaired) electrons. The molecule has 0 amide bonds. The van der Waals surface area contributed by atoms with Crippen LogP contribution in [0.15, 0.2) is 24.5 Å². The minimum atomic E-state index is -4.54. The number of nitriles is 1. The molecule has 0 fully saturated rings. The number of rotatable bonds is 5. The van der Waals surface area contributed by atoms with E-state index in [2.05, 4.69) is 33.6 Å². The van der Waals surface area contributed by atoms with Crippen LogP contribution in [0.25, 0.3) is 22.6 Å². The van der Waals surface area contributed by atoms with Crippen LogP contribution in [-0.4, -0.2) is 29.3 Å². The Balaban J connectivity index is 0.00000166. The minimum absolute atomic E-state index is 0.194. The summed E-state index contributed by atoms with van der Waals surface area (Å²) in [6.07, 6.45) is -0.386. The van der Waals surface area contributed by atoms with Crippen LogP contribution in [0.5, 0.6) is 5.75 Å². The van der Waals surface area contributed by atoms with Gasteiger partial charge in [-0.3, -0.25) is 0 Å². The molecule has 7 nitrogen and oxygen atoms in total. The van der Waals surface area contributed by atoms with Gasteiger partial charge in [0.05, 0.1) is 23.4 Å². The van der Waals surface area contributed by atoms with Crippen molar-refractivity contribution in [1.29, 1.82) is 5.26 Å². The molecule has 0 saturated carbocycles. The summed E-state index contributed by atoms with van der Waals surface area (Å²) in [5.41, 5.74) is 0.0639. The molecule has 0 bridgehead atoms. The first-order valence-electron chi connectivity index (χ1n) is 9.21. The lowest BCUT2D eigenvalue weighted by Gasteiger charge is -2.19. The number of fused-ring (bicyclic) bond motifs is 1. The van der Waals surface area contributed by atoms with Crippen LogP contribution in [0.3, 0.4) is 0 Å². The highest BCUT2D eigenvalue weighted by Gasteiger charge is 2.33. The molecule has 0 aliphatic heterocycles. The van der Waals surface area contributed by atoms with Gasteiger partial charge < -0.3 is 9.30 Å². The van der Waals surface area contributed by atoms with Crippen LogP contribution in [0.1, 0.15) is 38.4 Å². The van der Waals surface area contributed by atoms with E-state index < -0.39 is 17.5 Å². The summed E-state index contributed by atoms with van der Waals surface area (Å²) in [7, 11) is 1.71. The Hall–Kier alpha value is -3.13. The largest absolute Gasteiger partial charge is 0.471 e. The molecule has 0 unspecified atom stereocenters. The second-order valence-corrected chi connectivity index (χ2v) is 7.20. The van der Waals surface area contributed by atoms with Gasteiger partial charge in [0.2, 0.25) is 0 Å². The molecular weight excluding hydrogens is 431 g/mol. The molecule has 3 heterocycles. The van der Waals surface area contributed by atoms with Crippen LogP contribution >= 0.6 is 0 Å². The summed E-state index contributed by atoms with van der Waals surface area (Å²) in [5.74, 6) is 0.888. The molecule has 0 aliphatic rings. The summed E-state index contributed by atoms with van der Waals surface area (Å²) < 4.78 is 54.1. The summed E-state index contributed by atoms with van der Waals surface area (Å²) >= 11 is 2.83. The Kier molecular flexibility index (Phi) is 7.28. The van der Waals surface area contributed by atoms with E-state index >= 15 is 0 Å². The van der Waals surface area contributed by atoms with Gasteiger partial charge in [0, 0.05) is 7.05 Å². The maximum Gasteiger partial charge on any atom is 0.433 e. The number of ether oxygens (including phenoxy) is 1. The molecule has 3 aromatic rings. The highest BCUT2D eigenvalue weighted by Crippen LogP contribution is 2.32. The van der Waals surface area contributed by atoms with E-state index in [4.69, 9.17) is 14.2 Å². The molecular formula is C20H20F3N5O2S. The van der Waals surface area contributed by atoms with Gasteiger partial charge in [0.15, 0.2) is 24.0 Å². The molecule has 0 spiro atoms. The Bertz CT molecular complexity index is 1120. The minimum Gasteiger partial charge on any atom is -0.471 e. The smallest absolute Gasteiger partial charge is 0.433 e. The molecule has 0 aliphatic carbocycles. The van der Waals surface area contributed by atoms with Crippen LogP contribution in [0.4, 0.5) is 13.2 Å². The average molecular weight is 451 g/mol. The molecule has 31 heavy (non-hydrogen) atoms. The first-order valence-corrected chi connectivity index (χ1v) is 9.55. The number of hydrogen-bond acceptors (Lipinski definition) is 7. The third-order valence-electron chi connectivity index (χ3n) is 4.37. The molecule has 0 aromatic carbocycles. The quantitative estimate of drug-likeness (QED) is 0.569. The SMILES string of the molecule is CCCc1cc(OC(C)(C)C#N)cnc1-c1nc2cc(C(F)(F)F)ncc2n1C.O=S. The highest BCUT2D eigenvalue weighted by molar-refractivity contribution is 7.44. The number of aryl methyl sites for hydroxylation is 2. The standard InChI is InChI=1S/C20H20F3N5O.OS/c1-5-6-12-7-13(29-19(2,3)11-24)9-26-17(12)18-27-14-8-16(20(21,22)23)25-10-15(14)28(18)4;1-2/h7-10H,5-6H2,1-4H3;. The monoisotopic (exact) mass is 451 g/mol. The highest BCUT2D eigenvalue weighted by atomic mass is 32.1. The first kappa shape index (κ1) is 24.1. The van der Waals surface area contributed by atoms with E-state index in [1.165, 1.54) is 12.4 Å². The fourth-order valence-corrected chi connectivity index (χ4v) is 2.98. The molecule has 0 saturated heterocycles. The van der Waals surface area contributed by atoms with Crippen LogP contribution < -0.4 is 4.74 Å². The van der Waals surface area contributed by atoms with Crippen molar-refractivity contribution in [2.24, 2.45) is 7.05 Å². The lowest BCUT2D eigenvalue weighted by Crippen LogP contribution is -2.25. The number of imidazole rings is 1. The predicted octanol–water partition coefficient (Wildman–Crippen LogP) is 4.35. The van der Waals surface area contributed by atoms with Crippen LogP contribution in [0, 0.1) is 11.3 Å². The van der Waals surface area contributed by atoms with Crippen molar-refractivity contribution in [3.63, 3.8) is 0 Å². The Morgan fingerprint density at radius 2 is 1.87 bits per heavy atom. The van der Waals surface area contributed by atoms with E-state index in [1.807, 2.05) is 6.92 Å². The fraction of sp³-hybridized carbons (Fsp3) is 0.400. The van der Waals surface area contributed by atoms with Crippen molar-refractivity contribution >= 4 is 23.6 Å². The summed E-state index contributed by atoms with van der Waals surface area (Å²) in [6.45, 7) is 5.30. The maximum atomic E-state index is 13.0. The van der Waals surface area contributed by atoms with E-state index in [0.717, 1.165) is 18.1 Å². The zero-order valence-corrected chi connectivity index (χ0v) is 18.1. The van der Waals surface area contributed by atoms with Gasteiger partial charge >= 0.3 is 6.18 Å². The molecule has 11 heteroatoms. The number of aromatic nitrogens is 4. The molecule has 164 valence electrons. The topological polar surface area (TPSA) is 93.7 Å². The maximum absolute atomic E-state index is 13.0. The molecule has 0 atom stereocenters. The van der Waals surface area contributed by atoms with Gasteiger partial charge in [-0.25, -0.2) is 15.0 Å². The number of hydrogen-bond donors (Lipinski definition) is 0. The van der Waals surface area contributed by atoms with Crippen molar-refractivity contribution in [3.05, 3.63) is 35.8 Å².